The predicted molar refractivity (Wildman–Crippen MR) is 245 cm³/mol. The lowest BCUT2D eigenvalue weighted by molar-refractivity contribution is -0.149. The number of hydrogen-bond acceptors (Lipinski definition) is 13. The van der Waals surface area contributed by atoms with E-state index in [1.807, 2.05) is 0 Å². The molecule has 0 bridgehead atoms. The third-order valence-corrected chi connectivity index (χ3v) is 12.8. The molecule has 0 spiro atoms. The lowest BCUT2D eigenvalue weighted by Gasteiger charge is -2.34. The van der Waals surface area contributed by atoms with Crippen molar-refractivity contribution >= 4 is 57.9 Å². The average Bonchev–Trinajstić information content (AvgIpc) is 3.99. The van der Waals surface area contributed by atoms with E-state index in [2.05, 4.69) is 20.5 Å². The quantitative estimate of drug-likeness (QED) is 0.0503. The summed E-state index contributed by atoms with van der Waals surface area (Å²) in [6, 6.07) is 13.7. The van der Waals surface area contributed by atoms with Crippen LogP contribution in [0.2, 0.25) is 0 Å². The zero-order valence-electron chi connectivity index (χ0n) is 38.5. The molecule has 0 radical (unpaired) electrons. The number of nitrogens with zero attached hydrogens (tertiary/aromatic N) is 4. The molecular formula is C49H55F2N7O12. The molecule has 0 aliphatic carbocycles. The number of halogens is 2. The number of aromatic amines is 1. The van der Waals surface area contributed by atoms with E-state index in [1.165, 1.54) is 4.90 Å². The number of fused-ring (bicyclic) bond motifs is 2. The van der Waals surface area contributed by atoms with Gasteiger partial charge in [0.2, 0.25) is 17.4 Å². The largest absolute Gasteiger partial charge is 0.379 e. The number of hydrogen-bond donors (Lipinski definition) is 4. The maximum Gasteiger partial charge on any atom is 0.270 e. The fourth-order valence-electron chi connectivity index (χ4n) is 9.07. The monoisotopic (exact) mass is 971 g/mol. The van der Waals surface area contributed by atoms with Crippen LogP contribution in [0.25, 0.3) is 10.9 Å². The molecule has 3 aromatic carbocycles. The van der Waals surface area contributed by atoms with E-state index in [0.717, 1.165) is 17.0 Å². The van der Waals surface area contributed by atoms with Crippen molar-refractivity contribution in [2.45, 2.75) is 50.3 Å². The Morgan fingerprint density at radius 2 is 1.47 bits per heavy atom. The van der Waals surface area contributed by atoms with Crippen LogP contribution in [0.15, 0.2) is 60.7 Å². The Kier molecular flexibility index (Phi) is 16.0. The summed E-state index contributed by atoms with van der Waals surface area (Å²) in [5, 5.41) is 16.3. The highest BCUT2D eigenvalue weighted by Gasteiger charge is 2.52. The third-order valence-electron chi connectivity index (χ3n) is 12.8. The number of aromatic nitrogens is 1. The molecular weight excluding hydrogens is 917 g/mol. The van der Waals surface area contributed by atoms with Crippen LogP contribution in [0.4, 0.5) is 14.5 Å². The Hall–Kier alpha value is -6.49. The van der Waals surface area contributed by atoms with Crippen LogP contribution < -0.4 is 15.5 Å². The van der Waals surface area contributed by atoms with E-state index in [-0.39, 0.29) is 49.4 Å². The number of nitrogens with one attached hydrogen (secondary N) is 3. The lowest BCUT2D eigenvalue weighted by Crippen LogP contribution is -2.54. The van der Waals surface area contributed by atoms with Gasteiger partial charge in [-0.2, -0.15) is 0 Å². The zero-order chi connectivity index (χ0) is 49.4. The second kappa shape index (κ2) is 22.5. The Balaban J connectivity index is 0.651. The van der Waals surface area contributed by atoms with Crippen LogP contribution in [0.5, 0.6) is 0 Å². The molecule has 19 nitrogen and oxygen atoms in total. The molecule has 21 heteroatoms. The van der Waals surface area contributed by atoms with E-state index >= 15 is 0 Å². The summed E-state index contributed by atoms with van der Waals surface area (Å²) < 4.78 is 49.8. The predicted octanol–water partition coefficient (Wildman–Crippen LogP) is 2.09. The maximum atomic E-state index is 13.6. The standard InChI is InChI=1S/C49H55F2N7O12/c50-34-25-31(26-35(51)29-34)30-52-47(64)49(66)10-11-57(48(49)65)36-6-7-38-33(27-36)28-39(53-38)45(62)56-14-12-55(13-15-56)16-18-68-20-22-70-24-23-69-21-19-67-17-2-4-32-3-1-5-37-42(32)46(63)58(44(37)61)40-8-9-41(59)54-43(40)60/h1,3,5-7,25-29,40,53,66H,2,4,8-24,30H2,(H,52,64)(H,54,59,60). The number of aryl methyl sites for hydroxylation is 1. The fraction of sp³-hybridized carbons (Fsp3) is 0.449. The minimum absolute atomic E-state index is 0.0532. The molecule has 2 atom stereocenters. The van der Waals surface area contributed by atoms with Gasteiger partial charge in [-0.15, -0.1) is 0 Å². The van der Waals surface area contributed by atoms with Gasteiger partial charge in [-0.1, -0.05) is 12.1 Å². The van der Waals surface area contributed by atoms with E-state index in [1.54, 1.807) is 47.4 Å². The van der Waals surface area contributed by atoms with Gasteiger partial charge in [0, 0.05) is 87.9 Å². The molecule has 4 aliphatic heterocycles. The van der Waals surface area contributed by atoms with Crippen molar-refractivity contribution in [1.29, 1.82) is 0 Å². The second-order valence-electron chi connectivity index (χ2n) is 17.5. The normalized spacial score (nSPS) is 19.7. The molecule has 4 aliphatic rings. The van der Waals surface area contributed by atoms with Gasteiger partial charge in [0.1, 0.15) is 23.4 Å². The number of imide groups is 2. The van der Waals surface area contributed by atoms with Crippen molar-refractivity contribution in [3.05, 3.63) is 100 Å². The number of rotatable bonds is 22. The summed E-state index contributed by atoms with van der Waals surface area (Å²) in [6.07, 6.45) is 1.09. The Morgan fingerprint density at radius 1 is 0.786 bits per heavy atom. The maximum absolute atomic E-state index is 13.6. The van der Waals surface area contributed by atoms with Gasteiger partial charge >= 0.3 is 0 Å². The summed E-state index contributed by atoms with van der Waals surface area (Å²) in [5.41, 5.74) is 0.552. The molecule has 5 heterocycles. The van der Waals surface area contributed by atoms with Gasteiger partial charge in [0.25, 0.3) is 29.5 Å². The van der Waals surface area contributed by atoms with Crippen molar-refractivity contribution in [2.24, 2.45) is 0 Å². The minimum Gasteiger partial charge on any atom is -0.379 e. The third kappa shape index (κ3) is 11.4. The number of amides is 7. The number of aliphatic hydroxyl groups is 1. The highest BCUT2D eigenvalue weighted by atomic mass is 19.1. The number of carbonyl (C=O) groups excluding carboxylic acids is 7. The Morgan fingerprint density at radius 3 is 2.17 bits per heavy atom. The number of carbonyl (C=O) groups is 7. The van der Waals surface area contributed by atoms with Gasteiger partial charge in [-0.25, -0.2) is 8.78 Å². The molecule has 8 rings (SSSR count). The van der Waals surface area contributed by atoms with Crippen molar-refractivity contribution in [3.63, 3.8) is 0 Å². The van der Waals surface area contributed by atoms with Crippen LogP contribution in [-0.4, -0.2) is 170 Å². The number of piperazine rings is 1. The molecule has 7 amide bonds. The minimum atomic E-state index is -2.36. The Labute approximate surface area is 401 Å². The molecule has 2 unspecified atom stereocenters. The first-order chi connectivity index (χ1) is 33.8. The van der Waals surface area contributed by atoms with E-state index < -0.39 is 58.7 Å². The molecule has 3 fully saturated rings. The molecule has 4 N–H and O–H groups in total. The first kappa shape index (κ1) is 49.9. The van der Waals surface area contributed by atoms with Crippen molar-refractivity contribution in [1.82, 2.24) is 30.3 Å². The molecule has 0 saturated carbocycles. The molecule has 4 aromatic rings. The highest BCUT2D eigenvalue weighted by molar-refractivity contribution is 6.24. The average molecular weight is 972 g/mol. The number of ether oxygens (including phenoxy) is 4. The number of piperidine rings is 1. The summed E-state index contributed by atoms with van der Waals surface area (Å²) in [4.78, 5) is 99.4. The van der Waals surface area contributed by atoms with Crippen molar-refractivity contribution in [3.8, 4) is 0 Å². The van der Waals surface area contributed by atoms with Crippen LogP contribution in [0.1, 0.15) is 68.0 Å². The van der Waals surface area contributed by atoms with Gasteiger partial charge in [-0.05, 0) is 72.9 Å². The summed E-state index contributed by atoms with van der Waals surface area (Å²) in [6.45, 7) is 6.19. The number of anilines is 1. The first-order valence-electron chi connectivity index (χ1n) is 23.4. The molecule has 70 heavy (non-hydrogen) atoms. The van der Waals surface area contributed by atoms with Crippen LogP contribution in [-0.2, 0) is 51.1 Å². The first-order valence-corrected chi connectivity index (χ1v) is 23.4. The van der Waals surface area contributed by atoms with E-state index in [4.69, 9.17) is 18.9 Å². The SMILES string of the molecule is O=C1CCC(N2C(=O)c3cccc(CCCOCCOCCOCCOCCN4CCN(C(=O)c5cc6cc(N7CCC(O)(C(=O)NCc8cc(F)cc(F)c8)C7=O)ccc6[nH]5)CC4)c3C2=O)C(=O)N1. The van der Waals surface area contributed by atoms with Gasteiger partial charge in [-0.3, -0.25) is 48.7 Å². The molecule has 1 aromatic heterocycles. The molecule has 3 saturated heterocycles. The summed E-state index contributed by atoms with van der Waals surface area (Å²) >= 11 is 0. The van der Waals surface area contributed by atoms with Gasteiger partial charge in [0.05, 0.1) is 57.4 Å². The number of H-pyrrole nitrogens is 1. The smallest absolute Gasteiger partial charge is 0.270 e. The van der Waals surface area contributed by atoms with Crippen molar-refractivity contribution in [2.75, 3.05) is 97.0 Å². The summed E-state index contributed by atoms with van der Waals surface area (Å²) in [5.74, 6) is -5.69. The lowest BCUT2D eigenvalue weighted by atomic mass is 9.99. The van der Waals surface area contributed by atoms with E-state index in [0.29, 0.717) is 138 Å². The van der Waals surface area contributed by atoms with Gasteiger partial charge in [0.15, 0.2) is 0 Å². The second-order valence-corrected chi connectivity index (χ2v) is 17.5. The van der Waals surface area contributed by atoms with Crippen LogP contribution >= 0.6 is 0 Å². The highest BCUT2D eigenvalue weighted by Crippen LogP contribution is 2.33. The van der Waals surface area contributed by atoms with E-state index in [9.17, 15) is 47.4 Å². The fourth-order valence-corrected chi connectivity index (χ4v) is 9.07. The van der Waals surface area contributed by atoms with Gasteiger partial charge < -0.3 is 44.2 Å². The Bertz CT molecular complexity index is 2620. The number of benzene rings is 3. The zero-order valence-corrected chi connectivity index (χ0v) is 38.5. The summed E-state index contributed by atoms with van der Waals surface area (Å²) in [7, 11) is 0. The topological polar surface area (TPSA) is 229 Å². The molecule has 372 valence electrons. The van der Waals surface area contributed by atoms with Crippen molar-refractivity contribution < 1.29 is 66.4 Å². The van der Waals surface area contributed by atoms with Crippen LogP contribution in [0.3, 0.4) is 0 Å². The van der Waals surface area contributed by atoms with Crippen LogP contribution in [0, 0.1) is 11.6 Å².